The molecule has 3 aliphatic heterocycles. The van der Waals surface area contributed by atoms with E-state index in [2.05, 4.69) is 17.2 Å². The maximum absolute atomic E-state index is 14.3. The average Bonchev–Trinajstić information content (AvgIpc) is 2.72. The van der Waals surface area contributed by atoms with E-state index in [1.807, 2.05) is 6.07 Å². The Kier molecular flexibility index (Phi) is 4.85. The molecule has 25 heavy (non-hydrogen) atoms. The molecule has 1 aromatic rings. The van der Waals surface area contributed by atoms with Gasteiger partial charge in [0, 0.05) is 23.7 Å². The molecule has 0 saturated carbocycles. The van der Waals surface area contributed by atoms with Crippen LogP contribution in [0.4, 0.5) is 4.39 Å². The molecule has 0 spiro atoms. The van der Waals surface area contributed by atoms with Crippen molar-refractivity contribution in [3.05, 3.63) is 58.6 Å². The second-order valence-corrected chi connectivity index (χ2v) is 6.67. The standard InChI is InChI=1S/C19H23FN2O3/c1-12-17-4-5-21-7-15(17)11-25-19(22-12)24-10-14-3-2-13(6-18(14)20)16-8-23-9-16/h2-3,6,16,19,21-22H,1,4-5,7-11H2. The van der Waals surface area contributed by atoms with E-state index in [0.717, 1.165) is 30.8 Å². The normalized spacial score (nSPS) is 24.4. The summed E-state index contributed by atoms with van der Waals surface area (Å²) in [6.07, 6.45) is 0.301. The molecule has 0 aromatic heterocycles. The molecule has 0 radical (unpaired) electrons. The summed E-state index contributed by atoms with van der Waals surface area (Å²) in [4.78, 5) is 0. The maximum Gasteiger partial charge on any atom is 0.238 e. The maximum atomic E-state index is 14.3. The number of benzene rings is 1. The van der Waals surface area contributed by atoms with E-state index in [4.69, 9.17) is 14.2 Å². The number of hydrogen-bond acceptors (Lipinski definition) is 5. The Morgan fingerprint density at radius 3 is 2.96 bits per heavy atom. The van der Waals surface area contributed by atoms with E-state index in [1.165, 1.54) is 11.1 Å². The number of ether oxygens (including phenoxy) is 3. The molecule has 5 nitrogen and oxygen atoms in total. The third-order valence-corrected chi connectivity index (χ3v) is 4.96. The monoisotopic (exact) mass is 346 g/mol. The summed E-state index contributed by atoms with van der Waals surface area (Å²) in [6, 6.07) is 5.31. The van der Waals surface area contributed by atoms with E-state index >= 15 is 0 Å². The third kappa shape index (κ3) is 3.62. The second-order valence-electron chi connectivity index (χ2n) is 6.67. The quantitative estimate of drug-likeness (QED) is 0.875. The van der Waals surface area contributed by atoms with Crippen LogP contribution in [0.25, 0.3) is 0 Å². The number of allylic oxidation sites excluding steroid dienone is 1. The van der Waals surface area contributed by atoms with Gasteiger partial charge in [-0.2, -0.15) is 0 Å². The molecule has 6 heteroatoms. The van der Waals surface area contributed by atoms with Crippen molar-refractivity contribution in [3.8, 4) is 0 Å². The van der Waals surface area contributed by atoms with Gasteiger partial charge in [0.2, 0.25) is 6.41 Å². The topological polar surface area (TPSA) is 51.8 Å². The van der Waals surface area contributed by atoms with Gasteiger partial charge >= 0.3 is 0 Å². The third-order valence-electron chi connectivity index (χ3n) is 4.96. The van der Waals surface area contributed by atoms with E-state index in [-0.39, 0.29) is 12.4 Å². The van der Waals surface area contributed by atoms with Gasteiger partial charge in [-0.3, -0.25) is 0 Å². The van der Waals surface area contributed by atoms with Crippen LogP contribution in [-0.4, -0.2) is 39.3 Å². The Morgan fingerprint density at radius 2 is 2.20 bits per heavy atom. The minimum Gasteiger partial charge on any atom is -0.380 e. The molecule has 0 bridgehead atoms. The Labute approximate surface area is 146 Å². The number of nitrogens with one attached hydrogen (secondary N) is 2. The SMILES string of the molecule is C=C1NC(OCc2ccc(C3COC3)cc2F)OCC2=C1CCNC2. The number of halogens is 1. The molecule has 1 unspecified atom stereocenters. The zero-order valence-electron chi connectivity index (χ0n) is 14.1. The van der Waals surface area contributed by atoms with Crippen LogP contribution in [-0.2, 0) is 20.8 Å². The summed E-state index contributed by atoms with van der Waals surface area (Å²) in [5.74, 6) is 0.0594. The molecule has 0 amide bonds. The van der Waals surface area contributed by atoms with Gasteiger partial charge in [-0.15, -0.1) is 0 Å². The lowest BCUT2D eigenvalue weighted by Gasteiger charge is -2.26. The van der Waals surface area contributed by atoms with Gasteiger partial charge < -0.3 is 24.8 Å². The van der Waals surface area contributed by atoms with Crippen LogP contribution in [0, 0.1) is 5.82 Å². The molecular weight excluding hydrogens is 323 g/mol. The Hall–Kier alpha value is -1.73. The first-order valence-electron chi connectivity index (χ1n) is 8.67. The lowest BCUT2D eigenvalue weighted by molar-refractivity contribution is -0.155. The molecule has 1 saturated heterocycles. The number of hydrogen-bond donors (Lipinski definition) is 2. The van der Waals surface area contributed by atoms with E-state index < -0.39 is 6.41 Å². The van der Waals surface area contributed by atoms with Crippen molar-refractivity contribution in [3.63, 3.8) is 0 Å². The first-order valence-corrected chi connectivity index (χ1v) is 8.67. The minimum absolute atomic E-state index is 0.140. The predicted molar refractivity (Wildman–Crippen MR) is 91.3 cm³/mol. The second kappa shape index (κ2) is 7.25. The molecule has 1 atom stereocenters. The van der Waals surface area contributed by atoms with Crippen molar-refractivity contribution in [2.24, 2.45) is 0 Å². The molecule has 3 heterocycles. The zero-order valence-corrected chi connectivity index (χ0v) is 14.1. The zero-order chi connectivity index (χ0) is 17.2. The van der Waals surface area contributed by atoms with Gasteiger partial charge in [-0.1, -0.05) is 18.7 Å². The Bertz CT molecular complexity index is 700. The fourth-order valence-corrected chi connectivity index (χ4v) is 3.30. The summed E-state index contributed by atoms with van der Waals surface area (Å²) in [5.41, 5.74) is 4.74. The summed E-state index contributed by atoms with van der Waals surface area (Å²) in [7, 11) is 0. The smallest absolute Gasteiger partial charge is 0.238 e. The molecule has 4 rings (SSSR count). The van der Waals surface area contributed by atoms with Gasteiger partial charge in [0.25, 0.3) is 0 Å². The highest BCUT2D eigenvalue weighted by atomic mass is 19.1. The van der Waals surface area contributed by atoms with Crippen molar-refractivity contribution in [2.75, 3.05) is 32.9 Å². The van der Waals surface area contributed by atoms with Crippen LogP contribution in [0.5, 0.6) is 0 Å². The Balaban J connectivity index is 1.36. The van der Waals surface area contributed by atoms with Crippen LogP contribution >= 0.6 is 0 Å². The summed E-state index contributed by atoms with van der Waals surface area (Å²) in [6.45, 7) is 7.80. The first kappa shape index (κ1) is 16.7. The Morgan fingerprint density at radius 1 is 1.32 bits per heavy atom. The van der Waals surface area contributed by atoms with Crippen LogP contribution < -0.4 is 10.6 Å². The van der Waals surface area contributed by atoms with Crippen molar-refractivity contribution in [2.45, 2.75) is 25.4 Å². The van der Waals surface area contributed by atoms with E-state index in [9.17, 15) is 4.39 Å². The highest BCUT2D eigenvalue weighted by molar-refractivity contribution is 5.36. The van der Waals surface area contributed by atoms with Gasteiger partial charge in [0.05, 0.1) is 26.4 Å². The summed E-state index contributed by atoms with van der Waals surface area (Å²) < 4.78 is 31.0. The summed E-state index contributed by atoms with van der Waals surface area (Å²) >= 11 is 0. The van der Waals surface area contributed by atoms with Crippen LogP contribution in [0.3, 0.4) is 0 Å². The summed E-state index contributed by atoms with van der Waals surface area (Å²) in [5, 5.41) is 6.48. The largest absolute Gasteiger partial charge is 0.380 e. The van der Waals surface area contributed by atoms with Gasteiger partial charge in [-0.25, -0.2) is 4.39 Å². The van der Waals surface area contributed by atoms with Crippen LogP contribution in [0.15, 0.2) is 41.6 Å². The lowest BCUT2D eigenvalue weighted by atomic mass is 9.96. The minimum atomic E-state index is -0.628. The van der Waals surface area contributed by atoms with Gasteiger partial charge in [0.1, 0.15) is 5.82 Å². The highest BCUT2D eigenvalue weighted by Crippen LogP contribution is 2.26. The highest BCUT2D eigenvalue weighted by Gasteiger charge is 2.24. The molecule has 0 aliphatic carbocycles. The fourth-order valence-electron chi connectivity index (χ4n) is 3.30. The fraction of sp³-hybridized carbons (Fsp3) is 0.474. The number of rotatable bonds is 4. The van der Waals surface area contributed by atoms with E-state index in [1.54, 1.807) is 12.1 Å². The molecule has 134 valence electrons. The molecule has 3 aliphatic rings. The van der Waals surface area contributed by atoms with Gasteiger partial charge in [-0.05, 0) is 35.7 Å². The van der Waals surface area contributed by atoms with Crippen LogP contribution in [0.2, 0.25) is 0 Å². The van der Waals surface area contributed by atoms with Crippen LogP contribution in [0.1, 0.15) is 23.5 Å². The van der Waals surface area contributed by atoms with Gasteiger partial charge in [0.15, 0.2) is 0 Å². The predicted octanol–water partition coefficient (Wildman–Crippen LogP) is 2.16. The van der Waals surface area contributed by atoms with Crippen molar-refractivity contribution < 1.29 is 18.6 Å². The van der Waals surface area contributed by atoms with Crippen molar-refractivity contribution in [1.29, 1.82) is 0 Å². The van der Waals surface area contributed by atoms with E-state index in [0.29, 0.717) is 31.3 Å². The molecule has 1 fully saturated rings. The molecule has 1 aromatic carbocycles. The van der Waals surface area contributed by atoms with Crippen molar-refractivity contribution >= 4 is 0 Å². The lowest BCUT2D eigenvalue weighted by Crippen LogP contribution is -2.32. The van der Waals surface area contributed by atoms with Crippen molar-refractivity contribution in [1.82, 2.24) is 10.6 Å². The molecule has 2 N–H and O–H groups in total. The average molecular weight is 346 g/mol. The molecular formula is C19H23FN2O3. The first-order chi connectivity index (χ1) is 12.2.